The van der Waals surface area contributed by atoms with E-state index in [4.69, 9.17) is 4.74 Å². The van der Waals surface area contributed by atoms with Gasteiger partial charge >= 0.3 is 0 Å². The maximum absolute atomic E-state index is 11.5. The molecule has 3 nitrogen and oxygen atoms in total. The highest BCUT2D eigenvalue weighted by Crippen LogP contribution is 2.54. The van der Waals surface area contributed by atoms with E-state index in [2.05, 4.69) is 17.1 Å². The van der Waals surface area contributed by atoms with Crippen LogP contribution in [0.25, 0.3) is 0 Å². The average Bonchev–Trinajstić information content (AvgIpc) is 2.95. The van der Waals surface area contributed by atoms with Crippen LogP contribution in [0.5, 0.6) is 0 Å². The third-order valence-electron chi connectivity index (χ3n) is 5.74. The highest BCUT2D eigenvalue weighted by molar-refractivity contribution is 5.51. The van der Waals surface area contributed by atoms with Crippen molar-refractivity contribution >= 4 is 6.41 Å². The molecule has 3 heterocycles. The number of piperidine rings is 1. The average molecular weight is 247 g/mol. The zero-order chi connectivity index (χ0) is 12.2. The van der Waals surface area contributed by atoms with Crippen molar-refractivity contribution in [1.82, 2.24) is 4.90 Å². The van der Waals surface area contributed by atoms with Crippen LogP contribution in [0.2, 0.25) is 0 Å². The summed E-state index contributed by atoms with van der Waals surface area (Å²) in [5.74, 6) is 0.641. The fourth-order valence-corrected chi connectivity index (χ4v) is 4.80. The SMILES string of the molecule is O=CN1C[C@]23C=C[C@H](C[C@H]2CC12CCCCC2)O3. The molecule has 0 aromatic heterocycles. The second kappa shape index (κ2) is 3.60. The van der Waals surface area contributed by atoms with Crippen LogP contribution in [-0.4, -0.2) is 35.1 Å². The maximum Gasteiger partial charge on any atom is 0.210 e. The van der Waals surface area contributed by atoms with E-state index >= 15 is 0 Å². The molecule has 0 aromatic carbocycles. The van der Waals surface area contributed by atoms with Crippen molar-refractivity contribution in [2.75, 3.05) is 6.54 Å². The van der Waals surface area contributed by atoms with Crippen molar-refractivity contribution in [2.24, 2.45) is 5.92 Å². The van der Waals surface area contributed by atoms with Crippen LogP contribution in [0.1, 0.15) is 44.9 Å². The Bertz CT molecular complexity index is 399. The number of carbonyl (C=O) groups excluding carboxylic acids is 1. The first kappa shape index (κ1) is 11.0. The summed E-state index contributed by atoms with van der Waals surface area (Å²) in [6.07, 6.45) is 14.5. The van der Waals surface area contributed by atoms with Gasteiger partial charge < -0.3 is 9.64 Å². The minimum absolute atomic E-state index is 0.131. The lowest BCUT2D eigenvalue weighted by atomic mass is 9.65. The Morgan fingerprint density at radius 2 is 2.11 bits per heavy atom. The fraction of sp³-hybridized carbons (Fsp3) is 0.800. The van der Waals surface area contributed by atoms with Gasteiger partial charge in [0.2, 0.25) is 6.41 Å². The van der Waals surface area contributed by atoms with Gasteiger partial charge in [-0.3, -0.25) is 4.79 Å². The molecule has 4 aliphatic rings. The van der Waals surface area contributed by atoms with Gasteiger partial charge in [-0.25, -0.2) is 0 Å². The van der Waals surface area contributed by atoms with Gasteiger partial charge in [0.1, 0.15) is 5.60 Å². The van der Waals surface area contributed by atoms with Crippen LogP contribution in [0.15, 0.2) is 12.2 Å². The molecule has 3 fully saturated rings. The molecule has 0 radical (unpaired) electrons. The van der Waals surface area contributed by atoms with Crippen LogP contribution in [0.3, 0.4) is 0 Å². The molecule has 18 heavy (non-hydrogen) atoms. The molecule has 0 N–H and O–H groups in total. The lowest BCUT2D eigenvalue weighted by Crippen LogP contribution is -2.62. The first-order chi connectivity index (χ1) is 8.76. The van der Waals surface area contributed by atoms with Crippen molar-refractivity contribution in [2.45, 2.75) is 62.2 Å². The summed E-state index contributed by atoms with van der Waals surface area (Å²) in [6.45, 7) is 0.786. The lowest BCUT2D eigenvalue weighted by Gasteiger charge is -2.54. The number of ether oxygens (including phenoxy) is 1. The number of carbonyl (C=O) groups is 1. The van der Waals surface area contributed by atoms with Gasteiger partial charge in [0.05, 0.1) is 12.6 Å². The van der Waals surface area contributed by atoms with E-state index in [1.165, 1.54) is 38.5 Å². The third kappa shape index (κ3) is 1.31. The van der Waals surface area contributed by atoms with E-state index in [1.54, 1.807) is 0 Å². The Kier molecular flexibility index (Phi) is 2.20. The molecule has 3 heteroatoms. The molecular formula is C15H21NO2. The lowest BCUT2D eigenvalue weighted by molar-refractivity contribution is -0.142. The normalized spacial score (nSPS) is 44.3. The van der Waals surface area contributed by atoms with E-state index in [-0.39, 0.29) is 11.1 Å². The number of hydrogen-bond acceptors (Lipinski definition) is 2. The second-order valence-corrected chi connectivity index (χ2v) is 6.63. The molecule has 2 spiro atoms. The number of hydrogen-bond donors (Lipinski definition) is 0. The van der Waals surface area contributed by atoms with E-state index < -0.39 is 0 Å². The van der Waals surface area contributed by atoms with Gasteiger partial charge in [-0.15, -0.1) is 0 Å². The molecular weight excluding hydrogens is 226 g/mol. The minimum Gasteiger partial charge on any atom is -0.361 e. The Hall–Kier alpha value is -0.830. The predicted octanol–water partition coefficient (Wildman–Crippen LogP) is 2.27. The number of nitrogens with zero attached hydrogens (tertiary/aromatic N) is 1. The van der Waals surface area contributed by atoms with Gasteiger partial charge in [-0.1, -0.05) is 31.4 Å². The fourth-order valence-electron chi connectivity index (χ4n) is 4.80. The summed E-state index contributed by atoms with van der Waals surface area (Å²) in [7, 11) is 0. The van der Waals surface area contributed by atoms with Gasteiger partial charge in [0.25, 0.3) is 0 Å². The molecule has 4 rings (SSSR count). The molecule has 98 valence electrons. The summed E-state index contributed by atoms with van der Waals surface area (Å²) in [6, 6.07) is 0. The molecule has 3 atom stereocenters. The van der Waals surface area contributed by atoms with Gasteiger partial charge in [-0.05, 0) is 31.6 Å². The van der Waals surface area contributed by atoms with Crippen LogP contribution in [0.4, 0.5) is 0 Å². The molecule has 2 saturated heterocycles. The minimum atomic E-state index is -0.131. The van der Waals surface area contributed by atoms with Crippen LogP contribution >= 0.6 is 0 Å². The van der Waals surface area contributed by atoms with Gasteiger partial charge in [0, 0.05) is 5.54 Å². The molecule has 1 aliphatic carbocycles. The van der Waals surface area contributed by atoms with E-state index in [9.17, 15) is 4.79 Å². The number of rotatable bonds is 1. The summed E-state index contributed by atoms with van der Waals surface area (Å²) >= 11 is 0. The standard InChI is InChI=1S/C15H21NO2/c17-11-16-10-15-7-4-13(18-15)8-12(15)9-14(16)5-2-1-3-6-14/h4,7,11-13H,1-3,5-6,8-10H2/t12-,13+,15+/m0/s1. The van der Waals surface area contributed by atoms with E-state index in [1.807, 2.05) is 0 Å². The smallest absolute Gasteiger partial charge is 0.210 e. The predicted molar refractivity (Wildman–Crippen MR) is 68.1 cm³/mol. The first-order valence-electron chi connectivity index (χ1n) is 7.36. The Morgan fingerprint density at radius 1 is 1.28 bits per heavy atom. The summed E-state index contributed by atoms with van der Waals surface area (Å²) < 4.78 is 6.12. The molecule has 0 aromatic rings. The zero-order valence-corrected chi connectivity index (χ0v) is 10.8. The number of amides is 1. The van der Waals surface area contributed by atoms with Crippen molar-refractivity contribution in [3.8, 4) is 0 Å². The van der Waals surface area contributed by atoms with Gasteiger partial charge in [-0.2, -0.15) is 0 Å². The summed E-state index contributed by atoms with van der Waals surface area (Å²) in [5.41, 5.74) is 0.0336. The Morgan fingerprint density at radius 3 is 2.83 bits per heavy atom. The molecule has 0 unspecified atom stereocenters. The van der Waals surface area contributed by atoms with E-state index in [0.29, 0.717) is 12.0 Å². The van der Waals surface area contributed by atoms with Gasteiger partial charge in [0.15, 0.2) is 0 Å². The van der Waals surface area contributed by atoms with Crippen molar-refractivity contribution in [3.63, 3.8) is 0 Å². The summed E-state index contributed by atoms with van der Waals surface area (Å²) in [4.78, 5) is 13.6. The topological polar surface area (TPSA) is 29.5 Å². The largest absolute Gasteiger partial charge is 0.361 e. The van der Waals surface area contributed by atoms with Crippen molar-refractivity contribution in [3.05, 3.63) is 12.2 Å². The van der Waals surface area contributed by atoms with Crippen LogP contribution in [-0.2, 0) is 9.53 Å². The zero-order valence-electron chi connectivity index (χ0n) is 10.8. The quantitative estimate of drug-likeness (QED) is 0.525. The Balaban J connectivity index is 1.67. The molecule has 2 bridgehead atoms. The highest BCUT2D eigenvalue weighted by Gasteiger charge is 2.58. The van der Waals surface area contributed by atoms with Crippen molar-refractivity contribution in [1.29, 1.82) is 0 Å². The molecule has 1 saturated carbocycles. The van der Waals surface area contributed by atoms with Crippen LogP contribution < -0.4 is 0 Å². The number of likely N-dealkylation sites (tertiary alicyclic amines) is 1. The Labute approximate surface area is 108 Å². The summed E-state index contributed by atoms with van der Waals surface area (Å²) in [5, 5.41) is 0. The maximum atomic E-state index is 11.5. The third-order valence-corrected chi connectivity index (χ3v) is 5.74. The van der Waals surface area contributed by atoms with Crippen molar-refractivity contribution < 1.29 is 9.53 Å². The van der Waals surface area contributed by atoms with E-state index in [0.717, 1.165) is 19.4 Å². The highest BCUT2D eigenvalue weighted by atomic mass is 16.5. The monoisotopic (exact) mass is 247 g/mol. The number of fused-ring (bicyclic) bond motifs is 1. The van der Waals surface area contributed by atoms with Crippen LogP contribution in [0, 0.1) is 5.92 Å². The second-order valence-electron chi connectivity index (χ2n) is 6.63. The molecule has 1 amide bonds. The molecule has 3 aliphatic heterocycles. The first-order valence-corrected chi connectivity index (χ1v) is 7.36.